The second kappa shape index (κ2) is 11.6. The van der Waals surface area contributed by atoms with Crippen molar-refractivity contribution in [2.75, 3.05) is 45.0 Å². The van der Waals surface area contributed by atoms with Gasteiger partial charge in [-0.2, -0.15) is 0 Å². The number of halogens is 2. The topological polar surface area (TPSA) is 73.5 Å². The van der Waals surface area contributed by atoms with Crippen LogP contribution in [0.15, 0.2) is 24.3 Å². The van der Waals surface area contributed by atoms with Gasteiger partial charge in [0.2, 0.25) is 11.8 Å². The standard InChI is InChI=1S/C19H27FN4O2S.ClH/c20-15-5-2-1-4-14(15)12-17-19(26)23-16(13-27-17)18(25)22-6-3-9-24-10-7-21-8-11-24;/h1-2,4-5,16-17,21H,3,6-13H2,(H,22,25)(H,23,26);1H. The molecule has 0 saturated carbocycles. The molecule has 156 valence electrons. The summed E-state index contributed by atoms with van der Waals surface area (Å²) in [4.78, 5) is 27.0. The highest BCUT2D eigenvalue weighted by molar-refractivity contribution is 8.00. The monoisotopic (exact) mass is 430 g/mol. The summed E-state index contributed by atoms with van der Waals surface area (Å²) in [5.41, 5.74) is 0.529. The molecule has 2 amide bonds. The van der Waals surface area contributed by atoms with E-state index in [1.165, 1.54) is 17.8 Å². The highest BCUT2D eigenvalue weighted by Gasteiger charge is 2.32. The van der Waals surface area contributed by atoms with Crippen LogP contribution in [0.5, 0.6) is 0 Å². The van der Waals surface area contributed by atoms with E-state index in [1.54, 1.807) is 18.2 Å². The summed E-state index contributed by atoms with van der Waals surface area (Å²) < 4.78 is 13.8. The average Bonchev–Trinajstić information content (AvgIpc) is 2.69. The first kappa shape index (κ1) is 22.9. The van der Waals surface area contributed by atoms with Crippen LogP contribution in [0.3, 0.4) is 0 Å². The number of hydrogen-bond acceptors (Lipinski definition) is 5. The van der Waals surface area contributed by atoms with Crippen LogP contribution in [0.4, 0.5) is 4.39 Å². The SMILES string of the molecule is Cl.O=C(NCCCN1CCNCC1)C1CSC(Cc2ccccc2F)C(=O)N1. The number of rotatable bonds is 7. The lowest BCUT2D eigenvalue weighted by molar-refractivity contribution is -0.128. The Morgan fingerprint density at radius 2 is 2.04 bits per heavy atom. The lowest BCUT2D eigenvalue weighted by Crippen LogP contribution is -2.54. The molecule has 2 unspecified atom stereocenters. The third-order valence-corrected chi connectivity index (χ3v) is 6.22. The molecule has 2 atom stereocenters. The van der Waals surface area contributed by atoms with Gasteiger partial charge in [-0.1, -0.05) is 18.2 Å². The molecule has 1 aromatic rings. The fourth-order valence-electron chi connectivity index (χ4n) is 3.32. The van der Waals surface area contributed by atoms with E-state index in [-0.39, 0.29) is 35.3 Å². The van der Waals surface area contributed by atoms with Gasteiger partial charge in [-0.25, -0.2) is 4.39 Å². The largest absolute Gasteiger partial charge is 0.354 e. The second-order valence-electron chi connectivity index (χ2n) is 6.91. The van der Waals surface area contributed by atoms with E-state index in [1.807, 2.05) is 0 Å². The summed E-state index contributed by atoms with van der Waals surface area (Å²) in [6.07, 6.45) is 1.23. The van der Waals surface area contributed by atoms with E-state index < -0.39 is 6.04 Å². The van der Waals surface area contributed by atoms with Crippen molar-refractivity contribution in [2.45, 2.75) is 24.1 Å². The Morgan fingerprint density at radius 3 is 2.75 bits per heavy atom. The van der Waals surface area contributed by atoms with Gasteiger partial charge in [-0.15, -0.1) is 24.2 Å². The first-order chi connectivity index (χ1) is 13.1. The van der Waals surface area contributed by atoms with Gasteiger partial charge in [0.15, 0.2) is 0 Å². The number of nitrogens with one attached hydrogen (secondary N) is 3. The molecular weight excluding hydrogens is 403 g/mol. The van der Waals surface area contributed by atoms with Crippen LogP contribution in [-0.4, -0.2) is 73.0 Å². The number of carbonyl (C=O) groups excluding carboxylic acids is 2. The van der Waals surface area contributed by atoms with Crippen molar-refractivity contribution in [3.8, 4) is 0 Å². The lowest BCUT2D eigenvalue weighted by Gasteiger charge is -2.29. The molecule has 0 aliphatic carbocycles. The quantitative estimate of drug-likeness (QED) is 0.558. The Kier molecular flexibility index (Phi) is 9.50. The molecule has 28 heavy (non-hydrogen) atoms. The second-order valence-corrected chi connectivity index (χ2v) is 8.15. The first-order valence-electron chi connectivity index (χ1n) is 9.49. The maximum absolute atomic E-state index is 13.8. The van der Waals surface area contributed by atoms with Gasteiger partial charge >= 0.3 is 0 Å². The third-order valence-electron chi connectivity index (χ3n) is 4.91. The zero-order valence-electron chi connectivity index (χ0n) is 15.8. The van der Waals surface area contributed by atoms with Crippen LogP contribution in [0, 0.1) is 5.82 Å². The molecule has 2 heterocycles. The molecule has 2 saturated heterocycles. The molecule has 3 rings (SSSR count). The fraction of sp³-hybridized carbons (Fsp3) is 0.579. The van der Waals surface area contributed by atoms with Crippen LogP contribution < -0.4 is 16.0 Å². The van der Waals surface area contributed by atoms with E-state index in [4.69, 9.17) is 0 Å². The summed E-state index contributed by atoms with van der Waals surface area (Å²) in [5.74, 6) is -0.125. The molecule has 0 spiro atoms. The van der Waals surface area contributed by atoms with Gasteiger partial charge in [0.05, 0.1) is 5.25 Å². The van der Waals surface area contributed by atoms with Crippen molar-refractivity contribution in [2.24, 2.45) is 0 Å². The minimum absolute atomic E-state index is 0. The predicted octanol–water partition coefficient (Wildman–Crippen LogP) is 0.802. The van der Waals surface area contributed by atoms with Crippen molar-refractivity contribution < 1.29 is 14.0 Å². The van der Waals surface area contributed by atoms with Gasteiger partial charge in [-0.3, -0.25) is 9.59 Å². The number of benzene rings is 1. The van der Waals surface area contributed by atoms with Crippen molar-refractivity contribution in [3.05, 3.63) is 35.6 Å². The van der Waals surface area contributed by atoms with E-state index in [0.717, 1.165) is 39.1 Å². The smallest absolute Gasteiger partial charge is 0.243 e. The first-order valence-corrected chi connectivity index (χ1v) is 10.5. The zero-order chi connectivity index (χ0) is 19.1. The fourth-order valence-corrected chi connectivity index (χ4v) is 4.50. The Morgan fingerprint density at radius 1 is 1.29 bits per heavy atom. The summed E-state index contributed by atoms with van der Waals surface area (Å²) in [5, 5.41) is 8.66. The minimum atomic E-state index is -0.515. The lowest BCUT2D eigenvalue weighted by atomic mass is 10.1. The number of nitrogens with zero attached hydrogens (tertiary/aromatic N) is 1. The van der Waals surface area contributed by atoms with E-state index in [9.17, 15) is 14.0 Å². The molecule has 3 N–H and O–H groups in total. The van der Waals surface area contributed by atoms with E-state index >= 15 is 0 Å². The van der Waals surface area contributed by atoms with Gasteiger partial charge < -0.3 is 20.9 Å². The zero-order valence-corrected chi connectivity index (χ0v) is 17.4. The highest BCUT2D eigenvalue weighted by Crippen LogP contribution is 2.23. The molecular formula is C19H28ClFN4O2S. The summed E-state index contributed by atoms with van der Waals surface area (Å²) in [6, 6.07) is 5.98. The van der Waals surface area contributed by atoms with Gasteiger partial charge in [0.1, 0.15) is 11.9 Å². The molecule has 0 aromatic heterocycles. The summed E-state index contributed by atoms with van der Waals surface area (Å²) in [7, 11) is 0. The Balaban J connectivity index is 0.00000280. The Hall–Kier alpha value is -1.35. The van der Waals surface area contributed by atoms with E-state index in [0.29, 0.717) is 24.3 Å². The number of piperazine rings is 1. The number of hydrogen-bond donors (Lipinski definition) is 3. The van der Waals surface area contributed by atoms with Crippen molar-refractivity contribution in [3.63, 3.8) is 0 Å². The molecule has 0 bridgehead atoms. The van der Waals surface area contributed by atoms with Gasteiger partial charge in [-0.05, 0) is 31.0 Å². The third kappa shape index (κ3) is 6.62. The van der Waals surface area contributed by atoms with Crippen molar-refractivity contribution in [1.29, 1.82) is 0 Å². The molecule has 2 aliphatic heterocycles. The molecule has 2 aliphatic rings. The Bertz CT molecular complexity index is 661. The van der Waals surface area contributed by atoms with Crippen LogP contribution >= 0.6 is 24.2 Å². The van der Waals surface area contributed by atoms with Crippen LogP contribution in [0.2, 0.25) is 0 Å². The minimum Gasteiger partial charge on any atom is -0.354 e. The summed E-state index contributed by atoms with van der Waals surface area (Å²) >= 11 is 1.42. The van der Waals surface area contributed by atoms with Gasteiger partial charge in [0, 0.05) is 38.5 Å². The summed E-state index contributed by atoms with van der Waals surface area (Å²) in [6.45, 7) is 5.72. The number of carbonyl (C=O) groups is 2. The highest BCUT2D eigenvalue weighted by atomic mass is 35.5. The van der Waals surface area contributed by atoms with Gasteiger partial charge in [0.25, 0.3) is 0 Å². The number of thioether (sulfide) groups is 1. The number of amides is 2. The molecule has 0 radical (unpaired) electrons. The van der Waals surface area contributed by atoms with Crippen molar-refractivity contribution >= 4 is 36.0 Å². The Labute approximate surface area is 175 Å². The average molecular weight is 431 g/mol. The molecule has 2 fully saturated rings. The molecule has 6 nitrogen and oxygen atoms in total. The maximum Gasteiger partial charge on any atom is 0.243 e. The van der Waals surface area contributed by atoms with Crippen LogP contribution in [0.1, 0.15) is 12.0 Å². The van der Waals surface area contributed by atoms with Crippen molar-refractivity contribution in [1.82, 2.24) is 20.9 Å². The van der Waals surface area contributed by atoms with E-state index in [2.05, 4.69) is 20.9 Å². The predicted molar refractivity (Wildman–Crippen MR) is 112 cm³/mol. The normalized spacial score (nSPS) is 22.8. The van der Waals surface area contributed by atoms with Crippen LogP contribution in [-0.2, 0) is 16.0 Å². The maximum atomic E-state index is 13.8. The molecule has 1 aromatic carbocycles. The molecule has 9 heteroatoms. The van der Waals surface area contributed by atoms with Crippen LogP contribution in [0.25, 0.3) is 0 Å².